The van der Waals surface area contributed by atoms with Gasteiger partial charge in [0, 0.05) is 24.9 Å². The van der Waals surface area contributed by atoms with Crippen molar-refractivity contribution < 1.29 is 14.3 Å². The second-order valence-corrected chi connectivity index (χ2v) is 8.84. The lowest BCUT2D eigenvalue weighted by Gasteiger charge is -2.28. The third kappa shape index (κ3) is 4.50. The molecule has 0 bridgehead atoms. The molecule has 5 rings (SSSR count). The number of nitrogens with zero attached hydrogens (tertiary/aromatic N) is 1. The van der Waals surface area contributed by atoms with Crippen molar-refractivity contribution in [3.63, 3.8) is 0 Å². The van der Waals surface area contributed by atoms with Crippen molar-refractivity contribution >= 4 is 23.0 Å². The molecule has 0 aromatic heterocycles. The maximum absolute atomic E-state index is 13.6. The summed E-state index contributed by atoms with van der Waals surface area (Å²) in [6.45, 7) is 1.34. The molecule has 1 fully saturated rings. The molecule has 0 unspecified atom stereocenters. The molecular weight excluding hydrogens is 422 g/mol. The lowest BCUT2D eigenvalue weighted by Crippen LogP contribution is -2.34. The van der Waals surface area contributed by atoms with Gasteiger partial charge < -0.3 is 9.53 Å². The molecule has 0 saturated carbocycles. The van der Waals surface area contributed by atoms with Crippen LogP contribution in [0.5, 0.6) is 0 Å². The number of aldehydes is 1. The van der Waals surface area contributed by atoms with Crippen LogP contribution in [-0.4, -0.2) is 30.2 Å². The first kappa shape index (κ1) is 22.1. The summed E-state index contributed by atoms with van der Waals surface area (Å²) in [7, 11) is 0. The monoisotopic (exact) mass is 449 g/mol. The molecule has 1 aliphatic rings. The Labute approximate surface area is 199 Å². The molecule has 1 aliphatic heterocycles. The van der Waals surface area contributed by atoms with E-state index >= 15 is 0 Å². The van der Waals surface area contributed by atoms with Crippen molar-refractivity contribution in [2.45, 2.75) is 18.6 Å². The van der Waals surface area contributed by atoms with E-state index in [-0.39, 0.29) is 24.4 Å². The van der Waals surface area contributed by atoms with Crippen LogP contribution in [0.1, 0.15) is 28.7 Å². The average molecular weight is 450 g/mol. The van der Waals surface area contributed by atoms with Crippen LogP contribution in [0.25, 0.3) is 10.8 Å². The molecule has 4 aromatic carbocycles. The van der Waals surface area contributed by atoms with E-state index < -0.39 is 6.04 Å². The van der Waals surface area contributed by atoms with Gasteiger partial charge in [-0.25, -0.2) is 4.79 Å². The van der Waals surface area contributed by atoms with Gasteiger partial charge in [-0.1, -0.05) is 103 Å². The van der Waals surface area contributed by atoms with Crippen LogP contribution in [0.15, 0.2) is 103 Å². The standard InChI is InChI=1S/C30H27NO3/c32-20-25-18-31(19-28(25)24-12-5-2-6-13-24)29(30(33)34-21-22-10-3-1-4-11-22)27-17-9-15-23-14-7-8-16-26(23)27/h1-17,20,25,28-29H,18-19,21H2/t25-,28-,29-/m1/s1. The third-order valence-electron chi connectivity index (χ3n) is 6.73. The molecule has 0 spiro atoms. The number of hydrogen-bond acceptors (Lipinski definition) is 4. The Morgan fingerprint density at radius 1 is 0.853 bits per heavy atom. The van der Waals surface area contributed by atoms with Gasteiger partial charge in [0.2, 0.25) is 0 Å². The molecule has 0 radical (unpaired) electrons. The SMILES string of the molecule is O=C[C@H]1CN([C@@H](C(=O)OCc2ccccc2)c2cccc3ccccc23)C[C@@H]1c1ccccc1. The van der Waals surface area contributed by atoms with Gasteiger partial charge in [-0.2, -0.15) is 0 Å². The fourth-order valence-electron chi connectivity index (χ4n) is 5.03. The quantitative estimate of drug-likeness (QED) is 0.275. The minimum Gasteiger partial charge on any atom is -0.459 e. The normalized spacial score (nSPS) is 19.1. The molecule has 1 heterocycles. The van der Waals surface area contributed by atoms with Crippen LogP contribution in [-0.2, 0) is 20.9 Å². The fraction of sp³-hybridized carbons (Fsp3) is 0.200. The van der Waals surface area contributed by atoms with Crippen LogP contribution in [0, 0.1) is 5.92 Å². The second-order valence-electron chi connectivity index (χ2n) is 8.84. The van der Waals surface area contributed by atoms with Crippen LogP contribution in [0.3, 0.4) is 0 Å². The van der Waals surface area contributed by atoms with Crippen LogP contribution in [0.2, 0.25) is 0 Å². The Kier molecular flexibility index (Phi) is 6.50. The Hall–Kier alpha value is -3.76. The zero-order valence-electron chi connectivity index (χ0n) is 18.9. The number of fused-ring (bicyclic) bond motifs is 1. The molecule has 170 valence electrons. The van der Waals surface area contributed by atoms with E-state index in [0.29, 0.717) is 13.1 Å². The van der Waals surface area contributed by atoms with Crippen molar-refractivity contribution in [3.05, 3.63) is 120 Å². The molecule has 34 heavy (non-hydrogen) atoms. The summed E-state index contributed by atoms with van der Waals surface area (Å²) in [6, 6.07) is 33.3. The van der Waals surface area contributed by atoms with Crippen molar-refractivity contribution in [3.8, 4) is 0 Å². The number of benzene rings is 4. The molecule has 3 atom stereocenters. The predicted octanol–water partition coefficient (Wildman–Crippen LogP) is 5.54. The molecule has 0 aliphatic carbocycles. The molecule has 1 saturated heterocycles. The number of rotatable bonds is 7. The number of carbonyl (C=O) groups is 2. The van der Waals surface area contributed by atoms with Crippen LogP contribution < -0.4 is 0 Å². The van der Waals surface area contributed by atoms with Crippen LogP contribution >= 0.6 is 0 Å². The first-order valence-electron chi connectivity index (χ1n) is 11.7. The maximum atomic E-state index is 13.6. The minimum absolute atomic E-state index is 0.0399. The summed E-state index contributed by atoms with van der Waals surface area (Å²) in [4.78, 5) is 27.8. The smallest absolute Gasteiger partial charge is 0.328 e. The van der Waals surface area contributed by atoms with Crippen molar-refractivity contribution in [2.24, 2.45) is 5.92 Å². The first-order valence-corrected chi connectivity index (χ1v) is 11.7. The summed E-state index contributed by atoms with van der Waals surface area (Å²) >= 11 is 0. The summed E-state index contributed by atoms with van der Waals surface area (Å²) in [5.41, 5.74) is 2.98. The van der Waals surface area contributed by atoms with Gasteiger partial charge in [-0.05, 0) is 27.5 Å². The zero-order chi connectivity index (χ0) is 23.3. The minimum atomic E-state index is -0.592. The molecule has 0 N–H and O–H groups in total. The van der Waals surface area contributed by atoms with Crippen LogP contribution in [0.4, 0.5) is 0 Å². The highest BCUT2D eigenvalue weighted by Gasteiger charge is 2.41. The predicted molar refractivity (Wildman–Crippen MR) is 133 cm³/mol. The Morgan fingerprint density at radius 2 is 1.53 bits per heavy atom. The topological polar surface area (TPSA) is 46.6 Å². The van der Waals surface area contributed by atoms with Crippen molar-refractivity contribution in [1.82, 2.24) is 4.90 Å². The average Bonchev–Trinajstić information content (AvgIpc) is 3.33. The van der Waals surface area contributed by atoms with Gasteiger partial charge in [0.25, 0.3) is 0 Å². The highest BCUT2D eigenvalue weighted by atomic mass is 16.5. The van der Waals surface area contributed by atoms with E-state index in [2.05, 4.69) is 29.2 Å². The van der Waals surface area contributed by atoms with Gasteiger partial charge in [0.05, 0.1) is 0 Å². The highest BCUT2D eigenvalue weighted by molar-refractivity contribution is 5.91. The van der Waals surface area contributed by atoms with E-state index in [1.165, 1.54) is 0 Å². The van der Waals surface area contributed by atoms with Gasteiger partial charge in [0.15, 0.2) is 0 Å². The summed E-state index contributed by atoms with van der Waals surface area (Å²) in [6.07, 6.45) is 1.03. The van der Waals surface area contributed by atoms with Gasteiger partial charge in [-0.3, -0.25) is 4.90 Å². The largest absolute Gasteiger partial charge is 0.459 e. The maximum Gasteiger partial charge on any atom is 0.328 e. The third-order valence-corrected chi connectivity index (χ3v) is 6.73. The second kappa shape index (κ2) is 10.0. The lowest BCUT2D eigenvalue weighted by molar-refractivity contribution is -0.151. The number of esters is 1. The molecule has 4 heteroatoms. The molecule has 0 amide bonds. The highest BCUT2D eigenvalue weighted by Crippen LogP contribution is 2.38. The van der Waals surface area contributed by atoms with E-state index in [1.807, 2.05) is 78.9 Å². The van der Waals surface area contributed by atoms with E-state index in [1.54, 1.807) is 0 Å². The lowest BCUT2D eigenvalue weighted by atomic mass is 9.90. The molecule has 4 aromatic rings. The Morgan fingerprint density at radius 3 is 2.29 bits per heavy atom. The molecular formula is C30H27NO3. The first-order chi connectivity index (χ1) is 16.7. The summed E-state index contributed by atoms with van der Waals surface area (Å²) < 4.78 is 5.85. The van der Waals surface area contributed by atoms with Gasteiger partial charge >= 0.3 is 5.97 Å². The zero-order valence-corrected chi connectivity index (χ0v) is 18.9. The number of likely N-dealkylation sites (tertiary alicyclic amines) is 1. The molecule has 4 nitrogen and oxygen atoms in total. The van der Waals surface area contributed by atoms with Gasteiger partial charge in [-0.15, -0.1) is 0 Å². The number of carbonyl (C=O) groups excluding carboxylic acids is 2. The van der Waals surface area contributed by atoms with Crippen molar-refractivity contribution in [1.29, 1.82) is 0 Å². The van der Waals surface area contributed by atoms with E-state index in [4.69, 9.17) is 4.74 Å². The van der Waals surface area contributed by atoms with E-state index in [9.17, 15) is 9.59 Å². The summed E-state index contributed by atoms with van der Waals surface area (Å²) in [5.74, 6) is -0.432. The Bertz CT molecular complexity index is 1270. The Balaban J connectivity index is 1.50. The van der Waals surface area contributed by atoms with Gasteiger partial charge in [0.1, 0.15) is 18.9 Å². The number of hydrogen-bond donors (Lipinski definition) is 0. The summed E-state index contributed by atoms with van der Waals surface area (Å²) in [5, 5.41) is 2.10. The van der Waals surface area contributed by atoms with E-state index in [0.717, 1.165) is 33.7 Å². The van der Waals surface area contributed by atoms with Crippen molar-refractivity contribution in [2.75, 3.05) is 13.1 Å². The number of ether oxygens (including phenoxy) is 1. The fourth-order valence-corrected chi connectivity index (χ4v) is 5.03.